The molecule has 0 aliphatic heterocycles. The summed E-state index contributed by atoms with van der Waals surface area (Å²) in [7, 11) is 0.739. The molecule has 0 saturated heterocycles. The van der Waals surface area contributed by atoms with Gasteiger partial charge in [0.25, 0.3) is 0 Å². The Labute approximate surface area is 94.5 Å². The second-order valence-corrected chi connectivity index (χ2v) is 4.20. The Balaban J connectivity index is 2.61. The Morgan fingerprint density at radius 3 is 2.60 bits per heavy atom. The summed E-state index contributed by atoms with van der Waals surface area (Å²) in [6, 6.07) is 10.1. The van der Waals surface area contributed by atoms with Crippen molar-refractivity contribution in [3.05, 3.63) is 48.0 Å². The first-order valence-electron chi connectivity index (χ1n) is 5.04. The van der Waals surface area contributed by atoms with Crippen LogP contribution < -0.4 is 0 Å². The van der Waals surface area contributed by atoms with Gasteiger partial charge in [-0.25, -0.2) is 0 Å². The maximum Gasteiger partial charge on any atom is 0.146 e. The van der Waals surface area contributed by atoms with Crippen LogP contribution in [0.25, 0.3) is 0 Å². The smallest absolute Gasteiger partial charge is 0.146 e. The van der Waals surface area contributed by atoms with E-state index in [0.29, 0.717) is 13.2 Å². The van der Waals surface area contributed by atoms with Gasteiger partial charge in [0, 0.05) is 0 Å². The first-order valence-corrected chi connectivity index (χ1v) is 5.85. The second-order valence-electron chi connectivity index (χ2n) is 3.62. The molecule has 0 aromatic heterocycles. The molecule has 3 heteroatoms. The highest BCUT2D eigenvalue weighted by molar-refractivity contribution is 5.97. The lowest BCUT2D eigenvalue weighted by molar-refractivity contribution is 0.0346. The summed E-state index contributed by atoms with van der Waals surface area (Å²) in [6.45, 7) is 7.00. The van der Waals surface area contributed by atoms with Crippen LogP contribution in [-0.4, -0.2) is 23.7 Å². The molecule has 0 aliphatic carbocycles. The van der Waals surface area contributed by atoms with Crippen LogP contribution in [0.2, 0.25) is 0 Å². The number of hydrogen-bond acceptors (Lipinski definition) is 2. The summed E-state index contributed by atoms with van der Waals surface area (Å²) in [5.74, 6) is 0. The summed E-state index contributed by atoms with van der Waals surface area (Å²) in [5, 5.41) is 0. The summed E-state index contributed by atoms with van der Waals surface area (Å²) >= 11 is 0. The Kier molecular flexibility index (Phi) is 5.32. The zero-order chi connectivity index (χ0) is 11.1. The first kappa shape index (κ1) is 12.2. The predicted molar refractivity (Wildman–Crippen MR) is 65.8 cm³/mol. The van der Waals surface area contributed by atoms with E-state index >= 15 is 0 Å². The van der Waals surface area contributed by atoms with Crippen molar-refractivity contribution >= 4 is 10.5 Å². The summed E-state index contributed by atoms with van der Waals surface area (Å²) in [6.07, 6.45) is 0.0281. The standard InChI is InChI=1S/C12H18O2Si/c1-10(2)8-13-12(9-14-15)11-6-4-3-5-7-11/h3-7,12H,1,8-9H2,2,15H3. The van der Waals surface area contributed by atoms with Gasteiger partial charge < -0.3 is 9.16 Å². The third kappa shape index (κ3) is 4.42. The maximum atomic E-state index is 5.73. The molecule has 0 amide bonds. The molecule has 0 N–H and O–H groups in total. The van der Waals surface area contributed by atoms with E-state index in [-0.39, 0.29) is 6.10 Å². The van der Waals surface area contributed by atoms with Gasteiger partial charge in [0.2, 0.25) is 0 Å². The van der Waals surface area contributed by atoms with Crippen LogP contribution in [0, 0.1) is 0 Å². The highest BCUT2D eigenvalue weighted by Gasteiger charge is 2.10. The molecular formula is C12H18O2Si. The average molecular weight is 222 g/mol. The van der Waals surface area contributed by atoms with Crippen molar-refractivity contribution in [3.63, 3.8) is 0 Å². The Morgan fingerprint density at radius 2 is 2.07 bits per heavy atom. The van der Waals surface area contributed by atoms with Crippen LogP contribution in [0.1, 0.15) is 18.6 Å². The van der Waals surface area contributed by atoms with Gasteiger partial charge in [-0.05, 0) is 12.5 Å². The quantitative estimate of drug-likeness (QED) is 0.538. The van der Waals surface area contributed by atoms with Gasteiger partial charge in [0.15, 0.2) is 0 Å². The number of hydrogen-bond donors (Lipinski definition) is 0. The van der Waals surface area contributed by atoms with E-state index in [9.17, 15) is 0 Å². The largest absolute Gasteiger partial charge is 0.425 e. The van der Waals surface area contributed by atoms with Crippen LogP contribution in [0.3, 0.4) is 0 Å². The van der Waals surface area contributed by atoms with Gasteiger partial charge in [-0.3, -0.25) is 0 Å². The fourth-order valence-corrected chi connectivity index (χ4v) is 1.61. The molecule has 1 unspecified atom stereocenters. The normalized spacial score (nSPS) is 12.6. The van der Waals surface area contributed by atoms with Crippen molar-refractivity contribution in [3.8, 4) is 0 Å². The van der Waals surface area contributed by atoms with Gasteiger partial charge in [0.1, 0.15) is 16.6 Å². The molecule has 0 spiro atoms. The van der Waals surface area contributed by atoms with Crippen molar-refractivity contribution < 1.29 is 9.16 Å². The second kappa shape index (κ2) is 6.56. The molecule has 0 heterocycles. The molecule has 0 bridgehead atoms. The minimum atomic E-state index is 0.0281. The van der Waals surface area contributed by atoms with Crippen LogP contribution in [-0.2, 0) is 9.16 Å². The van der Waals surface area contributed by atoms with Crippen molar-refractivity contribution in [2.45, 2.75) is 13.0 Å². The fourth-order valence-electron chi connectivity index (χ4n) is 1.30. The highest BCUT2D eigenvalue weighted by atomic mass is 28.2. The van der Waals surface area contributed by atoms with Gasteiger partial charge in [-0.2, -0.15) is 0 Å². The molecule has 0 aliphatic rings. The highest BCUT2D eigenvalue weighted by Crippen LogP contribution is 2.17. The van der Waals surface area contributed by atoms with Gasteiger partial charge in [-0.15, -0.1) is 0 Å². The van der Waals surface area contributed by atoms with Gasteiger partial charge >= 0.3 is 0 Å². The van der Waals surface area contributed by atoms with E-state index in [1.54, 1.807) is 0 Å². The monoisotopic (exact) mass is 222 g/mol. The SMILES string of the molecule is C=C(C)COC(CO[SiH3])c1ccccc1. The Morgan fingerprint density at radius 1 is 1.40 bits per heavy atom. The molecule has 15 heavy (non-hydrogen) atoms. The van der Waals surface area contributed by atoms with E-state index in [1.807, 2.05) is 25.1 Å². The molecule has 0 saturated carbocycles. The molecule has 0 fully saturated rings. The topological polar surface area (TPSA) is 18.5 Å². The Bertz CT molecular complexity index is 298. The molecule has 2 nitrogen and oxygen atoms in total. The van der Waals surface area contributed by atoms with Crippen molar-refractivity contribution in [1.82, 2.24) is 0 Å². The minimum Gasteiger partial charge on any atom is -0.425 e. The lowest BCUT2D eigenvalue weighted by Crippen LogP contribution is -2.12. The summed E-state index contributed by atoms with van der Waals surface area (Å²) < 4.78 is 11.0. The fraction of sp³-hybridized carbons (Fsp3) is 0.333. The van der Waals surface area contributed by atoms with Crippen molar-refractivity contribution in [2.75, 3.05) is 13.2 Å². The molecule has 1 aromatic rings. The van der Waals surface area contributed by atoms with Crippen molar-refractivity contribution in [2.24, 2.45) is 0 Å². The zero-order valence-electron chi connectivity index (χ0n) is 9.40. The zero-order valence-corrected chi connectivity index (χ0v) is 11.4. The van der Waals surface area contributed by atoms with E-state index in [4.69, 9.17) is 9.16 Å². The third-order valence-electron chi connectivity index (χ3n) is 2.02. The Hall–Kier alpha value is -0.903. The van der Waals surface area contributed by atoms with E-state index in [0.717, 1.165) is 21.6 Å². The molecule has 1 atom stereocenters. The van der Waals surface area contributed by atoms with Crippen LogP contribution in [0.4, 0.5) is 0 Å². The van der Waals surface area contributed by atoms with E-state index in [1.165, 1.54) is 0 Å². The van der Waals surface area contributed by atoms with E-state index in [2.05, 4.69) is 18.7 Å². The lowest BCUT2D eigenvalue weighted by Gasteiger charge is -2.17. The van der Waals surface area contributed by atoms with E-state index < -0.39 is 0 Å². The van der Waals surface area contributed by atoms with Crippen LogP contribution in [0.5, 0.6) is 0 Å². The third-order valence-corrected chi connectivity index (χ3v) is 2.35. The minimum absolute atomic E-state index is 0.0281. The van der Waals surface area contributed by atoms with Crippen molar-refractivity contribution in [1.29, 1.82) is 0 Å². The lowest BCUT2D eigenvalue weighted by atomic mass is 10.1. The predicted octanol–water partition coefficient (Wildman–Crippen LogP) is 1.62. The van der Waals surface area contributed by atoms with Gasteiger partial charge in [-0.1, -0.05) is 42.5 Å². The average Bonchev–Trinajstić information content (AvgIpc) is 2.25. The van der Waals surface area contributed by atoms with Gasteiger partial charge in [0.05, 0.1) is 13.2 Å². The summed E-state index contributed by atoms with van der Waals surface area (Å²) in [5.41, 5.74) is 2.19. The first-order chi connectivity index (χ1) is 7.24. The number of ether oxygens (including phenoxy) is 1. The maximum absolute atomic E-state index is 5.73. The number of rotatable bonds is 6. The number of benzene rings is 1. The molecule has 82 valence electrons. The van der Waals surface area contributed by atoms with Crippen LogP contribution >= 0.6 is 0 Å². The van der Waals surface area contributed by atoms with Crippen LogP contribution in [0.15, 0.2) is 42.5 Å². The molecular weight excluding hydrogens is 204 g/mol. The summed E-state index contributed by atoms with van der Waals surface area (Å²) in [4.78, 5) is 0. The molecule has 1 rings (SSSR count). The molecule has 1 aromatic carbocycles. The molecule has 0 radical (unpaired) electrons.